The van der Waals surface area contributed by atoms with Crippen molar-refractivity contribution in [3.63, 3.8) is 0 Å². The Labute approximate surface area is 199 Å². The molecule has 0 saturated heterocycles. The fourth-order valence-corrected chi connectivity index (χ4v) is 3.84. The van der Waals surface area contributed by atoms with Crippen LogP contribution in [-0.4, -0.2) is 54.4 Å². The molecule has 176 valence electrons. The second kappa shape index (κ2) is 11.6. The number of benzene rings is 1. The van der Waals surface area contributed by atoms with Crippen molar-refractivity contribution in [2.24, 2.45) is 0 Å². The van der Waals surface area contributed by atoms with Crippen molar-refractivity contribution in [1.82, 2.24) is 19.9 Å². The summed E-state index contributed by atoms with van der Waals surface area (Å²) in [4.78, 5) is 16.2. The summed E-state index contributed by atoms with van der Waals surface area (Å²) in [6, 6.07) is 7.07. The van der Waals surface area contributed by atoms with Gasteiger partial charge in [-0.15, -0.1) is 0 Å². The van der Waals surface area contributed by atoms with Gasteiger partial charge in [-0.1, -0.05) is 19.1 Å². The highest BCUT2D eigenvalue weighted by Crippen LogP contribution is 2.39. The average molecular weight is 540 g/mol. The maximum atomic E-state index is 12.4. The third-order valence-electron chi connectivity index (χ3n) is 3.93. The largest absolute Gasteiger partial charge is 0.493 e. The zero-order chi connectivity index (χ0) is 23.7. The summed E-state index contributed by atoms with van der Waals surface area (Å²) in [6.07, 6.45) is 4.72. The van der Waals surface area contributed by atoms with Crippen LogP contribution in [0.15, 0.2) is 47.5 Å². The van der Waals surface area contributed by atoms with Crippen LogP contribution < -0.4 is 23.7 Å². The van der Waals surface area contributed by atoms with Gasteiger partial charge in [0.25, 0.3) is 5.88 Å². The molecule has 0 aliphatic rings. The smallest absolute Gasteiger partial charge is 0.316 e. The van der Waals surface area contributed by atoms with Gasteiger partial charge in [0.15, 0.2) is 17.3 Å². The van der Waals surface area contributed by atoms with Crippen molar-refractivity contribution in [3.8, 4) is 29.1 Å². The van der Waals surface area contributed by atoms with E-state index in [0.717, 1.165) is 4.47 Å². The Morgan fingerprint density at radius 1 is 1.00 bits per heavy atom. The predicted molar refractivity (Wildman–Crippen MR) is 124 cm³/mol. The first-order valence-electron chi connectivity index (χ1n) is 9.81. The fourth-order valence-electron chi connectivity index (χ4n) is 2.55. The number of hydrogen-bond acceptors (Lipinski definition) is 10. The Morgan fingerprint density at radius 3 is 2.39 bits per heavy atom. The summed E-state index contributed by atoms with van der Waals surface area (Å²) in [7, 11) is -2.16. The fraction of sp³-hybridized carbons (Fsp3) is 0.300. The number of hydrogen-bond donors (Lipinski definition) is 1. The highest BCUT2D eigenvalue weighted by atomic mass is 79.9. The molecular formula is C20H22BrN5O6S. The van der Waals surface area contributed by atoms with Crippen LogP contribution in [0.2, 0.25) is 0 Å². The lowest BCUT2D eigenvalue weighted by Gasteiger charge is -2.16. The summed E-state index contributed by atoms with van der Waals surface area (Å²) in [5.41, 5.74) is 0. The van der Waals surface area contributed by atoms with Gasteiger partial charge in [-0.3, -0.25) is 4.72 Å². The number of halogens is 1. The predicted octanol–water partition coefficient (Wildman–Crippen LogP) is 3.44. The van der Waals surface area contributed by atoms with E-state index < -0.39 is 10.0 Å². The first-order chi connectivity index (χ1) is 15.9. The molecule has 0 saturated carbocycles. The van der Waals surface area contributed by atoms with Crippen LogP contribution in [-0.2, 0) is 10.0 Å². The molecule has 13 heteroatoms. The summed E-state index contributed by atoms with van der Waals surface area (Å²) in [5, 5.41) is 0. The van der Waals surface area contributed by atoms with E-state index in [1.54, 1.807) is 43.6 Å². The van der Waals surface area contributed by atoms with E-state index >= 15 is 0 Å². The second-order valence-corrected chi connectivity index (χ2v) is 9.17. The Morgan fingerprint density at radius 2 is 1.70 bits per heavy atom. The van der Waals surface area contributed by atoms with Gasteiger partial charge in [-0.2, -0.15) is 4.98 Å². The van der Waals surface area contributed by atoms with Crippen molar-refractivity contribution >= 4 is 31.8 Å². The second-order valence-electron chi connectivity index (χ2n) is 6.41. The van der Waals surface area contributed by atoms with Gasteiger partial charge < -0.3 is 18.9 Å². The van der Waals surface area contributed by atoms with Gasteiger partial charge in [0.2, 0.25) is 15.8 Å². The highest BCUT2D eigenvalue weighted by Gasteiger charge is 2.21. The van der Waals surface area contributed by atoms with Gasteiger partial charge in [0.05, 0.1) is 17.3 Å². The number of rotatable bonds is 12. The maximum absolute atomic E-state index is 12.4. The molecule has 0 aliphatic carbocycles. The Kier molecular flexibility index (Phi) is 8.60. The molecule has 1 N–H and O–H groups in total. The van der Waals surface area contributed by atoms with Gasteiger partial charge in [-0.05, 0) is 34.5 Å². The molecule has 3 aromatic rings. The number of nitrogens with one attached hydrogen (secondary N) is 1. The van der Waals surface area contributed by atoms with Gasteiger partial charge >= 0.3 is 6.01 Å². The molecule has 2 heterocycles. The first kappa shape index (κ1) is 24.5. The molecule has 0 atom stereocenters. The lowest BCUT2D eigenvalue weighted by Crippen LogP contribution is -2.18. The SMILES string of the molecule is CCCS(=O)(=O)Nc1ncnc(OCCOc2ncc(Br)cn2)c1Oc1ccccc1OC. The average Bonchev–Trinajstić information content (AvgIpc) is 2.79. The van der Waals surface area contributed by atoms with Crippen molar-refractivity contribution in [2.45, 2.75) is 13.3 Å². The molecule has 3 rings (SSSR count). The van der Waals surface area contributed by atoms with Crippen LogP contribution in [0.1, 0.15) is 13.3 Å². The van der Waals surface area contributed by atoms with Gasteiger partial charge in [0.1, 0.15) is 19.5 Å². The molecule has 11 nitrogen and oxygen atoms in total. The van der Waals surface area contributed by atoms with Crippen LogP contribution >= 0.6 is 15.9 Å². The topological polar surface area (TPSA) is 135 Å². The Hall–Kier alpha value is -3.19. The molecule has 0 bridgehead atoms. The minimum Gasteiger partial charge on any atom is -0.493 e. The molecule has 0 unspecified atom stereocenters. The standard InChI is InChI=1S/C20H22BrN5O6S/c1-3-10-33(27,28)26-18-17(32-16-7-5-4-6-15(16)29-2)19(25-13-24-18)30-8-9-31-20-22-11-14(21)12-23-20/h4-7,11-13H,3,8-10H2,1-2H3,(H,24,25,26). The van der Waals surface area contributed by atoms with Crippen molar-refractivity contribution in [2.75, 3.05) is 30.8 Å². The lowest BCUT2D eigenvalue weighted by molar-refractivity contribution is 0.197. The third kappa shape index (κ3) is 7.15. The number of nitrogens with zero attached hydrogens (tertiary/aromatic N) is 4. The minimum absolute atomic E-state index is 0.0124. The molecule has 2 aromatic heterocycles. The molecular weight excluding hydrogens is 518 g/mol. The van der Waals surface area contributed by atoms with Crippen LogP contribution in [0.4, 0.5) is 5.82 Å². The number of anilines is 1. The first-order valence-corrected chi connectivity index (χ1v) is 12.3. The number of sulfonamides is 1. The summed E-state index contributed by atoms with van der Waals surface area (Å²) in [6.45, 7) is 1.92. The van der Waals surface area contributed by atoms with Crippen LogP contribution in [0.25, 0.3) is 0 Å². The number of methoxy groups -OCH3 is 1. The number of ether oxygens (including phenoxy) is 4. The lowest BCUT2D eigenvalue weighted by atomic mass is 10.3. The summed E-state index contributed by atoms with van der Waals surface area (Å²) >= 11 is 3.25. The molecule has 0 fully saturated rings. The van der Waals surface area contributed by atoms with E-state index in [2.05, 4.69) is 40.6 Å². The van der Waals surface area contributed by atoms with E-state index in [-0.39, 0.29) is 42.4 Å². The number of aromatic nitrogens is 4. The monoisotopic (exact) mass is 539 g/mol. The van der Waals surface area contributed by atoms with E-state index in [9.17, 15) is 8.42 Å². The van der Waals surface area contributed by atoms with Crippen LogP contribution in [0.3, 0.4) is 0 Å². The quantitative estimate of drug-likeness (QED) is 0.341. The molecule has 0 spiro atoms. The Bertz CT molecular complexity index is 1160. The normalized spacial score (nSPS) is 11.0. The van der Waals surface area contributed by atoms with Crippen LogP contribution in [0, 0.1) is 0 Å². The van der Waals surface area contributed by atoms with E-state index in [1.807, 2.05) is 0 Å². The summed E-state index contributed by atoms with van der Waals surface area (Å²) < 4.78 is 50.2. The molecule has 0 aliphatic heterocycles. The van der Waals surface area contributed by atoms with Crippen molar-refractivity contribution < 1.29 is 27.4 Å². The minimum atomic E-state index is -3.65. The van der Waals surface area contributed by atoms with E-state index in [4.69, 9.17) is 18.9 Å². The van der Waals surface area contributed by atoms with E-state index in [1.165, 1.54) is 13.4 Å². The zero-order valence-corrected chi connectivity index (χ0v) is 20.3. The van der Waals surface area contributed by atoms with Gasteiger partial charge in [0, 0.05) is 12.4 Å². The molecule has 1 aromatic carbocycles. The highest BCUT2D eigenvalue weighted by molar-refractivity contribution is 9.10. The molecule has 0 radical (unpaired) electrons. The molecule has 33 heavy (non-hydrogen) atoms. The Balaban J connectivity index is 1.81. The zero-order valence-electron chi connectivity index (χ0n) is 17.9. The summed E-state index contributed by atoms with van der Waals surface area (Å²) in [5.74, 6) is 0.631. The third-order valence-corrected chi connectivity index (χ3v) is 5.79. The molecule has 0 amide bonds. The number of para-hydroxylation sites is 2. The maximum Gasteiger partial charge on any atom is 0.316 e. The van der Waals surface area contributed by atoms with Gasteiger partial charge in [-0.25, -0.2) is 23.4 Å². The van der Waals surface area contributed by atoms with Crippen molar-refractivity contribution in [3.05, 3.63) is 47.5 Å². The van der Waals surface area contributed by atoms with Crippen molar-refractivity contribution in [1.29, 1.82) is 0 Å². The van der Waals surface area contributed by atoms with Crippen LogP contribution in [0.5, 0.6) is 29.1 Å². The van der Waals surface area contributed by atoms with E-state index in [0.29, 0.717) is 17.9 Å².